The van der Waals surface area contributed by atoms with Crippen molar-refractivity contribution in [2.45, 2.75) is 37.9 Å². The highest BCUT2D eigenvalue weighted by atomic mass is 35.5. The lowest BCUT2D eigenvalue weighted by atomic mass is 9.88. The second-order valence-corrected chi connectivity index (χ2v) is 8.44. The molecule has 2 N–H and O–H groups in total. The van der Waals surface area contributed by atoms with Gasteiger partial charge in [-0.3, -0.25) is 4.79 Å². The van der Waals surface area contributed by atoms with Crippen LogP contribution in [0.4, 0.5) is 13.2 Å². The van der Waals surface area contributed by atoms with Crippen molar-refractivity contribution in [2.75, 3.05) is 13.1 Å². The van der Waals surface area contributed by atoms with Crippen LogP contribution in [0.2, 0.25) is 10.0 Å². The summed E-state index contributed by atoms with van der Waals surface area (Å²) in [4.78, 5) is 25.9. The number of carbonyl (C=O) groups excluding carboxylic acids is 2. The molecule has 172 valence electrons. The van der Waals surface area contributed by atoms with Crippen LogP contribution in [0.1, 0.15) is 53.2 Å². The lowest BCUT2D eigenvalue weighted by Crippen LogP contribution is -2.38. The molecule has 1 amide bonds. The van der Waals surface area contributed by atoms with E-state index >= 15 is 0 Å². The third-order valence-electron chi connectivity index (χ3n) is 5.40. The van der Waals surface area contributed by atoms with Crippen LogP contribution in [0.25, 0.3) is 0 Å². The average molecular weight is 489 g/mol. The molecular formula is C22H21Cl2F3N2O3. The van der Waals surface area contributed by atoms with E-state index in [-0.39, 0.29) is 22.5 Å². The van der Waals surface area contributed by atoms with Gasteiger partial charge >= 0.3 is 12.1 Å². The van der Waals surface area contributed by atoms with Crippen LogP contribution in [-0.4, -0.2) is 36.0 Å². The van der Waals surface area contributed by atoms with Crippen LogP contribution in [0.5, 0.6) is 5.75 Å². The monoisotopic (exact) mass is 488 g/mol. The molecule has 1 aliphatic rings. The number of ether oxygens (including phenoxy) is 1. The molecule has 1 saturated heterocycles. The summed E-state index contributed by atoms with van der Waals surface area (Å²) in [6.07, 6.45) is -3.93. The van der Waals surface area contributed by atoms with Gasteiger partial charge in [0.2, 0.25) is 0 Å². The second-order valence-electron chi connectivity index (χ2n) is 7.65. The maximum absolute atomic E-state index is 13.0. The van der Waals surface area contributed by atoms with E-state index in [0.717, 1.165) is 11.1 Å². The van der Waals surface area contributed by atoms with E-state index in [1.165, 1.54) is 17.0 Å². The number of nitrogens with zero attached hydrogens (tertiary/aromatic N) is 1. The topological polar surface area (TPSA) is 72.6 Å². The van der Waals surface area contributed by atoms with Crippen LogP contribution in [-0.2, 0) is 4.79 Å². The Bertz CT molecular complexity index is 1020. The van der Waals surface area contributed by atoms with E-state index in [1.807, 2.05) is 25.1 Å². The molecule has 0 bridgehead atoms. The number of amides is 1. The fourth-order valence-electron chi connectivity index (χ4n) is 3.63. The quantitative estimate of drug-likeness (QED) is 0.455. The second kappa shape index (κ2) is 9.68. The Hall–Kier alpha value is -2.29. The van der Waals surface area contributed by atoms with E-state index in [4.69, 9.17) is 28.9 Å². The molecule has 5 nitrogen and oxygen atoms in total. The van der Waals surface area contributed by atoms with Gasteiger partial charge in [-0.25, -0.2) is 4.79 Å². The summed E-state index contributed by atoms with van der Waals surface area (Å²) in [7, 11) is 0. The number of likely N-dealkylation sites (tertiary alicyclic amines) is 1. The van der Waals surface area contributed by atoms with Gasteiger partial charge in [0.1, 0.15) is 5.02 Å². The molecule has 3 rings (SSSR count). The van der Waals surface area contributed by atoms with E-state index in [0.29, 0.717) is 25.9 Å². The van der Waals surface area contributed by atoms with Gasteiger partial charge in [-0.05, 0) is 48.9 Å². The zero-order valence-corrected chi connectivity index (χ0v) is 18.6. The molecule has 0 aliphatic carbocycles. The highest BCUT2D eigenvalue weighted by Crippen LogP contribution is 2.38. The minimum absolute atomic E-state index is 0.0934. The zero-order valence-electron chi connectivity index (χ0n) is 17.1. The minimum atomic E-state index is -5.25. The van der Waals surface area contributed by atoms with E-state index in [1.54, 1.807) is 0 Å². The Morgan fingerprint density at radius 2 is 1.81 bits per heavy atom. The van der Waals surface area contributed by atoms with Crippen molar-refractivity contribution in [1.82, 2.24) is 4.90 Å². The van der Waals surface area contributed by atoms with Gasteiger partial charge in [0, 0.05) is 19.1 Å². The summed E-state index contributed by atoms with van der Waals surface area (Å²) in [5, 5.41) is -0.571. The van der Waals surface area contributed by atoms with Crippen molar-refractivity contribution in [3.8, 4) is 5.75 Å². The number of nitrogens with two attached hydrogens (primary N) is 1. The molecule has 0 radical (unpaired) electrons. The molecule has 0 aromatic heterocycles. The molecule has 1 unspecified atom stereocenters. The lowest BCUT2D eigenvalue weighted by molar-refractivity contribution is -0.189. The molecule has 32 heavy (non-hydrogen) atoms. The summed E-state index contributed by atoms with van der Waals surface area (Å²) in [6, 6.07) is 10.4. The predicted molar refractivity (Wildman–Crippen MR) is 115 cm³/mol. The maximum Gasteiger partial charge on any atom is 0.491 e. The minimum Gasteiger partial charge on any atom is -0.417 e. The third kappa shape index (κ3) is 5.36. The molecule has 1 fully saturated rings. The van der Waals surface area contributed by atoms with E-state index < -0.39 is 28.8 Å². The van der Waals surface area contributed by atoms with Crippen molar-refractivity contribution in [1.29, 1.82) is 0 Å². The first-order chi connectivity index (χ1) is 15.0. The SMILES string of the molecule is CC(N)c1cccc(C2CCN(C(=O)c3ccc(Cl)c(Cl)c3OC(=O)C(F)(F)F)CC2)c1. The normalized spacial score (nSPS) is 16.0. The largest absolute Gasteiger partial charge is 0.491 e. The Morgan fingerprint density at radius 1 is 1.16 bits per heavy atom. The van der Waals surface area contributed by atoms with Gasteiger partial charge in [-0.2, -0.15) is 13.2 Å². The van der Waals surface area contributed by atoms with Gasteiger partial charge in [-0.1, -0.05) is 47.5 Å². The Labute approximate surface area is 193 Å². The Balaban J connectivity index is 1.77. The molecule has 1 aliphatic heterocycles. The highest BCUT2D eigenvalue weighted by molar-refractivity contribution is 6.43. The first-order valence-corrected chi connectivity index (χ1v) is 10.7. The molecule has 1 heterocycles. The van der Waals surface area contributed by atoms with Crippen molar-refractivity contribution < 1.29 is 27.5 Å². The molecule has 2 aromatic carbocycles. The first-order valence-electron chi connectivity index (χ1n) is 9.90. The predicted octanol–water partition coefficient (Wildman–Crippen LogP) is 5.50. The van der Waals surface area contributed by atoms with Gasteiger partial charge in [0.05, 0.1) is 10.6 Å². The van der Waals surface area contributed by atoms with Crippen molar-refractivity contribution in [3.05, 3.63) is 63.1 Å². The van der Waals surface area contributed by atoms with Crippen molar-refractivity contribution in [3.63, 3.8) is 0 Å². The zero-order chi connectivity index (χ0) is 23.6. The molecule has 1 atom stereocenters. The number of rotatable bonds is 4. The summed E-state index contributed by atoms with van der Waals surface area (Å²) in [6.45, 7) is 2.65. The van der Waals surface area contributed by atoms with Crippen molar-refractivity contribution in [2.24, 2.45) is 5.73 Å². The number of halogens is 5. The maximum atomic E-state index is 13.0. The number of carbonyl (C=O) groups is 2. The number of hydrogen-bond donors (Lipinski definition) is 1. The van der Waals surface area contributed by atoms with E-state index in [9.17, 15) is 22.8 Å². The number of benzene rings is 2. The van der Waals surface area contributed by atoms with Crippen LogP contribution in [0, 0.1) is 0 Å². The summed E-state index contributed by atoms with van der Waals surface area (Å²) >= 11 is 11.8. The van der Waals surface area contributed by atoms with Crippen LogP contribution >= 0.6 is 23.2 Å². The van der Waals surface area contributed by atoms with Gasteiger partial charge in [0.15, 0.2) is 5.75 Å². The van der Waals surface area contributed by atoms with Gasteiger partial charge in [0.25, 0.3) is 5.91 Å². The molecule has 0 spiro atoms. The fraction of sp³-hybridized carbons (Fsp3) is 0.364. The summed E-state index contributed by atoms with van der Waals surface area (Å²) in [5.41, 5.74) is 7.85. The van der Waals surface area contributed by atoms with Crippen LogP contribution in [0.3, 0.4) is 0 Å². The molecule has 10 heteroatoms. The summed E-state index contributed by atoms with van der Waals surface area (Å²) < 4.78 is 42.5. The Morgan fingerprint density at radius 3 is 2.41 bits per heavy atom. The molecule has 0 saturated carbocycles. The van der Waals surface area contributed by atoms with E-state index in [2.05, 4.69) is 10.8 Å². The van der Waals surface area contributed by atoms with Crippen LogP contribution in [0.15, 0.2) is 36.4 Å². The Kier molecular flexibility index (Phi) is 7.37. The number of alkyl halides is 3. The van der Waals surface area contributed by atoms with Crippen molar-refractivity contribution >= 4 is 35.1 Å². The number of piperidine rings is 1. The first kappa shape index (κ1) is 24.4. The standard InChI is InChI=1S/C22H21Cl2F3N2O3/c1-12(28)14-3-2-4-15(11-14)13-7-9-29(10-8-13)20(30)16-5-6-17(23)18(24)19(16)32-21(31)22(25,26)27/h2-6,11-13H,7-10,28H2,1H3. The number of hydrogen-bond acceptors (Lipinski definition) is 4. The lowest BCUT2D eigenvalue weighted by Gasteiger charge is -2.33. The van der Waals surface area contributed by atoms with Gasteiger partial charge < -0.3 is 15.4 Å². The van der Waals surface area contributed by atoms with Gasteiger partial charge in [-0.15, -0.1) is 0 Å². The molecular weight excluding hydrogens is 468 g/mol. The van der Waals surface area contributed by atoms with Crippen LogP contribution < -0.4 is 10.5 Å². The third-order valence-corrected chi connectivity index (χ3v) is 6.18. The molecule has 2 aromatic rings. The smallest absolute Gasteiger partial charge is 0.417 e. The number of esters is 1. The highest BCUT2D eigenvalue weighted by Gasteiger charge is 2.42. The fourth-order valence-corrected chi connectivity index (χ4v) is 3.99. The average Bonchev–Trinajstić information content (AvgIpc) is 2.76. The summed E-state index contributed by atoms with van der Waals surface area (Å²) in [5.74, 6) is -3.55.